The van der Waals surface area contributed by atoms with Crippen LogP contribution in [0.4, 0.5) is 10.5 Å². The third-order valence-electron chi connectivity index (χ3n) is 3.37. The Bertz CT molecular complexity index is 864. The van der Waals surface area contributed by atoms with E-state index < -0.39 is 11.9 Å². The summed E-state index contributed by atoms with van der Waals surface area (Å²) in [4.78, 5) is 24.1. The van der Waals surface area contributed by atoms with Gasteiger partial charge >= 0.3 is 6.03 Å². The van der Waals surface area contributed by atoms with Gasteiger partial charge in [-0.15, -0.1) is 0 Å². The Morgan fingerprint density at radius 3 is 2.04 bits per heavy atom. The third kappa shape index (κ3) is 4.45. The number of carbonyl (C=O) groups excluding carboxylic acids is 2. The van der Waals surface area contributed by atoms with Crippen LogP contribution in [0.15, 0.2) is 84.9 Å². The second-order valence-corrected chi connectivity index (χ2v) is 5.19. The van der Waals surface area contributed by atoms with Crippen molar-refractivity contribution in [3.63, 3.8) is 0 Å². The number of imide groups is 1. The number of urea groups is 1. The van der Waals surface area contributed by atoms with Crippen molar-refractivity contribution in [1.29, 1.82) is 0 Å². The predicted octanol–water partition coefficient (Wildman–Crippen LogP) is 4.44. The average molecular weight is 332 g/mol. The molecular formula is C20H16N2O3. The van der Waals surface area contributed by atoms with Gasteiger partial charge in [0.1, 0.15) is 5.75 Å². The average Bonchev–Trinajstić information content (AvgIpc) is 2.65. The van der Waals surface area contributed by atoms with Crippen molar-refractivity contribution in [3.05, 3.63) is 90.5 Å². The SMILES string of the molecule is O=C(NC(=O)c1ccccc1)Nc1ccccc1Oc1ccccc1. The molecule has 0 radical (unpaired) electrons. The van der Waals surface area contributed by atoms with Crippen LogP contribution in [-0.2, 0) is 0 Å². The molecule has 0 spiro atoms. The van der Waals surface area contributed by atoms with Gasteiger partial charge in [-0.05, 0) is 36.4 Å². The van der Waals surface area contributed by atoms with Crippen molar-refractivity contribution in [2.45, 2.75) is 0 Å². The molecule has 3 aromatic carbocycles. The molecule has 0 fully saturated rings. The summed E-state index contributed by atoms with van der Waals surface area (Å²) in [6.07, 6.45) is 0. The Morgan fingerprint density at radius 2 is 1.32 bits per heavy atom. The number of benzene rings is 3. The normalized spacial score (nSPS) is 9.92. The number of anilines is 1. The lowest BCUT2D eigenvalue weighted by atomic mass is 10.2. The van der Waals surface area contributed by atoms with E-state index in [0.29, 0.717) is 22.7 Å². The summed E-state index contributed by atoms with van der Waals surface area (Å²) in [6.45, 7) is 0. The molecule has 3 rings (SSSR count). The van der Waals surface area contributed by atoms with Crippen LogP contribution in [0.1, 0.15) is 10.4 Å². The van der Waals surface area contributed by atoms with Gasteiger partial charge in [0, 0.05) is 5.56 Å². The second kappa shape index (κ2) is 7.79. The first-order valence-corrected chi connectivity index (χ1v) is 7.72. The zero-order chi connectivity index (χ0) is 17.5. The molecule has 0 unspecified atom stereocenters. The van der Waals surface area contributed by atoms with E-state index in [1.807, 2.05) is 30.3 Å². The van der Waals surface area contributed by atoms with Crippen LogP contribution in [0.2, 0.25) is 0 Å². The summed E-state index contributed by atoms with van der Waals surface area (Å²) in [7, 11) is 0. The van der Waals surface area contributed by atoms with Gasteiger partial charge in [0.2, 0.25) is 0 Å². The van der Waals surface area contributed by atoms with Crippen molar-refractivity contribution in [2.75, 3.05) is 5.32 Å². The summed E-state index contributed by atoms with van der Waals surface area (Å²) in [5.74, 6) is 0.660. The molecular weight excluding hydrogens is 316 g/mol. The molecule has 0 bridgehead atoms. The van der Waals surface area contributed by atoms with E-state index in [2.05, 4.69) is 10.6 Å². The number of hydrogen-bond acceptors (Lipinski definition) is 3. The quantitative estimate of drug-likeness (QED) is 0.742. The lowest BCUT2D eigenvalue weighted by Gasteiger charge is -2.12. The number of hydrogen-bond donors (Lipinski definition) is 2. The summed E-state index contributed by atoms with van der Waals surface area (Å²) in [5, 5.41) is 4.93. The first-order valence-electron chi connectivity index (χ1n) is 7.72. The minimum atomic E-state index is -0.627. The second-order valence-electron chi connectivity index (χ2n) is 5.19. The van der Waals surface area contributed by atoms with Gasteiger partial charge in [0.25, 0.3) is 5.91 Å². The molecule has 3 aromatic rings. The van der Waals surface area contributed by atoms with E-state index in [4.69, 9.17) is 4.74 Å². The molecule has 0 saturated carbocycles. The molecule has 0 aliphatic carbocycles. The van der Waals surface area contributed by atoms with Gasteiger partial charge in [-0.2, -0.15) is 0 Å². The largest absolute Gasteiger partial charge is 0.455 e. The van der Waals surface area contributed by atoms with Gasteiger partial charge in [-0.3, -0.25) is 10.1 Å². The monoisotopic (exact) mass is 332 g/mol. The highest BCUT2D eigenvalue weighted by atomic mass is 16.5. The van der Waals surface area contributed by atoms with Crippen LogP contribution in [0.3, 0.4) is 0 Å². The van der Waals surface area contributed by atoms with Gasteiger partial charge in [-0.1, -0.05) is 48.5 Å². The number of ether oxygens (including phenoxy) is 1. The van der Waals surface area contributed by atoms with Crippen molar-refractivity contribution in [3.8, 4) is 11.5 Å². The zero-order valence-corrected chi connectivity index (χ0v) is 13.3. The molecule has 2 N–H and O–H groups in total. The number of para-hydroxylation sites is 3. The van der Waals surface area contributed by atoms with E-state index in [1.165, 1.54) is 0 Å². The summed E-state index contributed by atoms with van der Waals surface area (Å²) in [5.41, 5.74) is 0.871. The van der Waals surface area contributed by atoms with Crippen molar-refractivity contribution in [1.82, 2.24) is 5.32 Å². The number of amides is 3. The fourth-order valence-electron chi connectivity index (χ4n) is 2.19. The Morgan fingerprint density at radius 1 is 0.720 bits per heavy atom. The van der Waals surface area contributed by atoms with Crippen molar-refractivity contribution >= 4 is 17.6 Å². The molecule has 25 heavy (non-hydrogen) atoms. The lowest BCUT2D eigenvalue weighted by molar-refractivity contribution is 0.0967. The zero-order valence-electron chi connectivity index (χ0n) is 13.3. The van der Waals surface area contributed by atoms with E-state index in [-0.39, 0.29) is 0 Å². The Kier molecular flexibility index (Phi) is 5.07. The standard InChI is InChI=1S/C20H16N2O3/c23-19(15-9-3-1-4-10-15)22-20(24)21-17-13-7-8-14-18(17)25-16-11-5-2-6-12-16/h1-14H,(H2,21,22,23,24). The van der Waals surface area contributed by atoms with Gasteiger partial charge in [0.05, 0.1) is 5.69 Å². The van der Waals surface area contributed by atoms with Crippen molar-refractivity contribution < 1.29 is 14.3 Å². The summed E-state index contributed by atoms with van der Waals surface area (Å²) in [6, 6.07) is 24.1. The van der Waals surface area contributed by atoms with E-state index >= 15 is 0 Å². The minimum Gasteiger partial charge on any atom is -0.455 e. The first kappa shape index (κ1) is 16.3. The van der Waals surface area contributed by atoms with E-state index in [9.17, 15) is 9.59 Å². The van der Waals surface area contributed by atoms with Crippen LogP contribution in [-0.4, -0.2) is 11.9 Å². The van der Waals surface area contributed by atoms with E-state index in [0.717, 1.165) is 0 Å². The topological polar surface area (TPSA) is 67.4 Å². The molecule has 5 nitrogen and oxygen atoms in total. The fourth-order valence-corrected chi connectivity index (χ4v) is 2.19. The van der Waals surface area contributed by atoms with Crippen LogP contribution in [0.5, 0.6) is 11.5 Å². The van der Waals surface area contributed by atoms with Gasteiger partial charge in [0.15, 0.2) is 5.75 Å². The number of carbonyl (C=O) groups is 2. The van der Waals surface area contributed by atoms with Crippen LogP contribution >= 0.6 is 0 Å². The Hall–Kier alpha value is -3.60. The Labute approximate surface area is 145 Å². The molecule has 0 aliphatic rings. The number of rotatable bonds is 4. The van der Waals surface area contributed by atoms with Crippen LogP contribution in [0.25, 0.3) is 0 Å². The Balaban J connectivity index is 1.68. The first-order chi connectivity index (χ1) is 12.2. The van der Waals surface area contributed by atoms with E-state index in [1.54, 1.807) is 54.6 Å². The maximum absolute atomic E-state index is 12.1. The molecule has 0 atom stereocenters. The highest BCUT2D eigenvalue weighted by Crippen LogP contribution is 2.28. The molecule has 124 valence electrons. The third-order valence-corrected chi connectivity index (χ3v) is 3.37. The number of nitrogens with one attached hydrogen (secondary N) is 2. The van der Waals surface area contributed by atoms with Crippen molar-refractivity contribution in [2.24, 2.45) is 0 Å². The van der Waals surface area contributed by atoms with Gasteiger partial charge in [-0.25, -0.2) is 4.79 Å². The highest BCUT2D eigenvalue weighted by Gasteiger charge is 2.12. The molecule has 0 aliphatic heterocycles. The fraction of sp³-hybridized carbons (Fsp3) is 0. The maximum atomic E-state index is 12.1. The van der Waals surface area contributed by atoms with Crippen LogP contribution < -0.4 is 15.4 Å². The maximum Gasteiger partial charge on any atom is 0.326 e. The molecule has 3 amide bonds. The lowest BCUT2D eigenvalue weighted by Crippen LogP contribution is -2.34. The van der Waals surface area contributed by atoms with Crippen LogP contribution in [0, 0.1) is 0 Å². The molecule has 0 saturated heterocycles. The molecule has 0 aromatic heterocycles. The smallest absolute Gasteiger partial charge is 0.326 e. The molecule has 0 heterocycles. The molecule has 5 heteroatoms. The highest BCUT2D eigenvalue weighted by molar-refractivity contribution is 6.08. The van der Waals surface area contributed by atoms with Gasteiger partial charge < -0.3 is 10.1 Å². The summed E-state index contributed by atoms with van der Waals surface area (Å²) < 4.78 is 5.77. The predicted molar refractivity (Wildman–Crippen MR) is 95.9 cm³/mol. The summed E-state index contributed by atoms with van der Waals surface area (Å²) >= 11 is 0. The minimum absolute atomic E-state index is 0.409.